The number of carbonyl (C=O) groups excluding carboxylic acids is 1. The van der Waals surface area contributed by atoms with Gasteiger partial charge < -0.3 is 14.6 Å². The van der Waals surface area contributed by atoms with Crippen LogP contribution in [0.1, 0.15) is 28.1 Å². The van der Waals surface area contributed by atoms with Crippen LogP contribution in [-0.2, 0) is 11.4 Å². The highest BCUT2D eigenvalue weighted by atomic mass is 32.2. The quantitative estimate of drug-likeness (QED) is 0.298. The third kappa shape index (κ3) is 5.29. The summed E-state index contributed by atoms with van der Waals surface area (Å²) >= 11 is 1.36. The zero-order chi connectivity index (χ0) is 25.1. The van der Waals surface area contributed by atoms with Crippen LogP contribution in [-0.4, -0.2) is 15.6 Å². The maximum atomic E-state index is 12.6. The van der Waals surface area contributed by atoms with E-state index in [1.807, 2.05) is 67.6 Å². The smallest absolute Gasteiger partial charge is 0.264 e. The van der Waals surface area contributed by atoms with E-state index in [9.17, 15) is 4.79 Å². The van der Waals surface area contributed by atoms with Crippen molar-refractivity contribution in [3.05, 3.63) is 118 Å². The Morgan fingerprint density at radius 3 is 2.39 bits per heavy atom. The van der Waals surface area contributed by atoms with Gasteiger partial charge in [0.25, 0.3) is 5.91 Å². The molecular formula is C30H27N3O2S. The molecule has 4 aromatic rings. The molecule has 3 aromatic carbocycles. The zero-order valence-electron chi connectivity index (χ0n) is 20.5. The fourth-order valence-corrected chi connectivity index (χ4v) is 4.95. The summed E-state index contributed by atoms with van der Waals surface area (Å²) in [6.07, 6.45) is 1.94. The van der Waals surface area contributed by atoms with Crippen LogP contribution in [0.4, 0.5) is 5.69 Å². The minimum Gasteiger partial charge on any atom is -0.489 e. The van der Waals surface area contributed by atoms with Gasteiger partial charge in [-0.05, 0) is 92.2 Å². The van der Waals surface area contributed by atoms with Gasteiger partial charge in [-0.3, -0.25) is 4.79 Å². The lowest BCUT2D eigenvalue weighted by Gasteiger charge is -2.11. The summed E-state index contributed by atoms with van der Waals surface area (Å²) in [5, 5.41) is 3.47. The van der Waals surface area contributed by atoms with Crippen molar-refractivity contribution in [3.8, 4) is 11.4 Å². The molecule has 0 aliphatic carbocycles. The molecule has 0 unspecified atom stereocenters. The number of benzene rings is 3. The molecule has 0 spiro atoms. The Morgan fingerprint density at radius 2 is 1.67 bits per heavy atom. The molecule has 0 bridgehead atoms. The van der Waals surface area contributed by atoms with Crippen molar-refractivity contribution in [1.82, 2.24) is 9.88 Å². The third-order valence-electron chi connectivity index (χ3n) is 6.02. The number of carbonyl (C=O) groups is 1. The van der Waals surface area contributed by atoms with E-state index < -0.39 is 0 Å². The highest BCUT2D eigenvalue weighted by Crippen LogP contribution is 2.31. The number of ether oxygens (including phenoxy) is 1. The van der Waals surface area contributed by atoms with Crippen molar-refractivity contribution in [3.63, 3.8) is 0 Å². The first-order valence-electron chi connectivity index (χ1n) is 11.8. The van der Waals surface area contributed by atoms with Gasteiger partial charge in [0.05, 0.1) is 10.6 Å². The fraction of sp³-hybridized carbons (Fsp3) is 0.133. The SMILES string of the molecule is Cc1ccc(N=C2NC(=O)/C(=C\c3cc(C)n(-c4ccc(OCc5ccccc5)cc4)c3C)S2)cc1. The molecule has 1 aliphatic rings. The van der Waals surface area contributed by atoms with E-state index in [1.165, 1.54) is 17.3 Å². The largest absolute Gasteiger partial charge is 0.489 e. The Morgan fingerprint density at radius 1 is 0.944 bits per heavy atom. The molecule has 1 aliphatic heterocycles. The predicted molar refractivity (Wildman–Crippen MR) is 148 cm³/mol. The Hall–Kier alpha value is -4.03. The number of nitrogens with one attached hydrogen (secondary N) is 1. The van der Waals surface area contributed by atoms with E-state index in [0.29, 0.717) is 16.7 Å². The van der Waals surface area contributed by atoms with Gasteiger partial charge in [-0.1, -0.05) is 48.0 Å². The van der Waals surface area contributed by atoms with Crippen LogP contribution in [0.5, 0.6) is 5.75 Å². The summed E-state index contributed by atoms with van der Waals surface area (Å²) in [5.74, 6) is 0.697. The van der Waals surface area contributed by atoms with E-state index >= 15 is 0 Å². The Labute approximate surface area is 215 Å². The molecule has 1 aromatic heterocycles. The first-order valence-corrected chi connectivity index (χ1v) is 12.6. The maximum Gasteiger partial charge on any atom is 0.264 e. The number of rotatable bonds is 6. The van der Waals surface area contributed by atoms with Crippen molar-refractivity contribution in [2.45, 2.75) is 27.4 Å². The normalized spacial score (nSPS) is 15.5. The summed E-state index contributed by atoms with van der Waals surface area (Å²) < 4.78 is 8.12. The molecule has 180 valence electrons. The monoisotopic (exact) mass is 493 g/mol. The zero-order valence-corrected chi connectivity index (χ0v) is 21.3. The van der Waals surface area contributed by atoms with Crippen molar-refractivity contribution in [1.29, 1.82) is 0 Å². The standard InChI is InChI=1S/C30H27N3O2S/c1-20-9-11-25(12-10-20)31-30-32-29(34)28(36-30)18-24-17-21(2)33(22(24)3)26-13-15-27(16-14-26)35-19-23-7-5-4-6-8-23/h4-18H,19H2,1-3H3,(H,31,32,34)/b28-18+. The molecule has 36 heavy (non-hydrogen) atoms. The van der Waals surface area contributed by atoms with Gasteiger partial charge in [0.2, 0.25) is 0 Å². The molecule has 1 amide bonds. The lowest BCUT2D eigenvalue weighted by Crippen LogP contribution is -2.19. The predicted octanol–water partition coefficient (Wildman–Crippen LogP) is 6.87. The molecule has 1 fully saturated rings. The molecule has 0 saturated carbocycles. The third-order valence-corrected chi connectivity index (χ3v) is 6.93. The van der Waals surface area contributed by atoms with Gasteiger partial charge in [0.1, 0.15) is 12.4 Å². The van der Waals surface area contributed by atoms with E-state index in [-0.39, 0.29) is 5.91 Å². The minimum atomic E-state index is -0.129. The van der Waals surface area contributed by atoms with E-state index in [2.05, 4.69) is 59.1 Å². The summed E-state index contributed by atoms with van der Waals surface area (Å²) in [4.78, 5) is 17.8. The number of amides is 1. The molecule has 0 radical (unpaired) electrons. The van der Waals surface area contributed by atoms with Gasteiger partial charge >= 0.3 is 0 Å². The van der Waals surface area contributed by atoms with Gasteiger partial charge in [0, 0.05) is 17.1 Å². The Balaban J connectivity index is 1.32. The van der Waals surface area contributed by atoms with E-state index in [1.54, 1.807) is 0 Å². The van der Waals surface area contributed by atoms with Crippen LogP contribution in [0.2, 0.25) is 0 Å². The number of aryl methyl sites for hydroxylation is 2. The van der Waals surface area contributed by atoms with Crippen molar-refractivity contribution >= 4 is 34.6 Å². The lowest BCUT2D eigenvalue weighted by atomic mass is 10.2. The molecule has 5 rings (SSSR count). The highest BCUT2D eigenvalue weighted by Gasteiger charge is 2.24. The molecule has 2 heterocycles. The van der Waals surface area contributed by atoms with Crippen LogP contribution in [0, 0.1) is 20.8 Å². The van der Waals surface area contributed by atoms with Gasteiger partial charge in [-0.15, -0.1) is 0 Å². The van der Waals surface area contributed by atoms with Crippen LogP contribution in [0.3, 0.4) is 0 Å². The Kier molecular flexibility index (Phi) is 6.78. The average Bonchev–Trinajstić information content (AvgIpc) is 3.37. The van der Waals surface area contributed by atoms with Crippen LogP contribution >= 0.6 is 11.8 Å². The maximum absolute atomic E-state index is 12.6. The number of aliphatic imine (C=N–C) groups is 1. The Bertz CT molecular complexity index is 1450. The molecular weight excluding hydrogens is 466 g/mol. The number of hydrogen-bond acceptors (Lipinski definition) is 4. The number of amidine groups is 1. The summed E-state index contributed by atoms with van der Waals surface area (Å²) in [6, 6.07) is 28.2. The molecule has 6 heteroatoms. The van der Waals surface area contributed by atoms with E-state index in [4.69, 9.17) is 4.74 Å². The van der Waals surface area contributed by atoms with Gasteiger partial charge in [0.15, 0.2) is 5.17 Å². The second-order valence-corrected chi connectivity index (χ2v) is 9.78. The number of aromatic nitrogens is 1. The molecule has 5 nitrogen and oxygen atoms in total. The average molecular weight is 494 g/mol. The van der Waals surface area contributed by atoms with Crippen LogP contribution < -0.4 is 10.1 Å². The first-order chi connectivity index (χ1) is 17.5. The van der Waals surface area contributed by atoms with Gasteiger partial charge in [-0.25, -0.2) is 4.99 Å². The topological polar surface area (TPSA) is 55.6 Å². The molecule has 0 atom stereocenters. The van der Waals surface area contributed by atoms with Crippen LogP contribution in [0.25, 0.3) is 11.8 Å². The summed E-state index contributed by atoms with van der Waals surface area (Å²) in [7, 11) is 0. The van der Waals surface area contributed by atoms with Gasteiger partial charge in [-0.2, -0.15) is 0 Å². The van der Waals surface area contributed by atoms with Crippen molar-refractivity contribution in [2.24, 2.45) is 4.99 Å². The van der Waals surface area contributed by atoms with E-state index in [0.717, 1.165) is 39.6 Å². The lowest BCUT2D eigenvalue weighted by molar-refractivity contribution is -0.115. The highest BCUT2D eigenvalue weighted by molar-refractivity contribution is 8.18. The number of nitrogens with zero attached hydrogens (tertiary/aromatic N) is 2. The number of thioether (sulfide) groups is 1. The summed E-state index contributed by atoms with van der Waals surface area (Å²) in [5.41, 5.74) is 7.34. The fourth-order valence-electron chi connectivity index (χ4n) is 4.12. The summed E-state index contributed by atoms with van der Waals surface area (Å²) in [6.45, 7) is 6.71. The van der Waals surface area contributed by atoms with Crippen molar-refractivity contribution < 1.29 is 9.53 Å². The first kappa shape index (κ1) is 23.7. The van der Waals surface area contributed by atoms with Crippen LogP contribution in [0.15, 0.2) is 94.8 Å². The second kappa shape index (κ2) is 10.3. The molecule has 1 saturated heterocycles. The van der Waals surface area contributed by atoms with Crippen molar-refractivity contribution in [2.75, 3.05) is 0 Å². The second-order valence-electron chi connectivity index (χ2n) is 8.75. The number of hydrogen-bond donors (Lipinski definition) is 1. The molecule has 1 N–H and O–H groups in total. The minimum absolute atomic E-state index is 0.129.